The summed E-state index contributed by atoms with van der Waals surface area (Å²) in [5.41, 5.74) is 4.28. The average Bonchev–Trinajstić information content (AvgIpc) is 2.51. The lowest BCUT2D eigenvalue weighted by atomic mass is 9.94. The lowest BCUT2D eigenvalue weighted by molar-refractivity contribution is -0.146. The molecular formula is C17H20O4. The van der Waals surface area contributed by atoms with E-state index >= 15 is 0 Å². The third kappa shape index (κ3) is 4.62. The summed E-state index contributed by atoms with van der Waals surface area (Å²) >= 11 is 0. The van der Waals surface area contributed by atoms with Crippen LogP contribution < -0.4 is 4.74 Å². The van der Waals surface area contributed by atoms with Gasteiger partial charge < -0.3 is 14.3 Å². The highest BCUT2D eigenvalue weighted by atomic mass is 16.5. The Balaban J connectivity index is 3.24. The minimum absolute atomic E-state index is 0.233. The predicted octanol–water partition coefficient (Wildman–Crippen LogP) is 3.02. The Kier molecular flexibility index (Phi) is 6.99. The van der Waals surface area contributed by atoms with Crippen molar-refractivity contribution in [2.75, 3.05) is 13.7 Å². The molecule has 0 aliphatic heterocycles. The molecule has 1 aromatic rings. The molecule has 0 heterocycles. The molecule has 0 bridgehead atoms. The van der Waals surface area contributed by atoms with E-state index in [0.29, 0.717) is 17.6 Å². The fraction of sp³-hybridized carbons (Fsp3) is 0.353. The van der Waals surface area contributed by atoms with Crippen LogP contribution in [0.15, 0.2) is 36.1 Å². The largest absolute Gasteiger partial charge is 0.497 e. The topological polar surface area (TPSA) is 52.6 Å². The summed E-state index contributed by atoms with van der Waals surface area (Å²) in [7, 11) is 1.58. The summed E-state index contributed by atoms with van der Waals surface area (Å²) < 4.78 is 10.1. The molecule has 0 aliphatic carbocycles. The molecule has 4 nitrogen and oxygen atoms in total. The van der Waals surface area contributed by atoms with Crippen LogP contribution in [0.4, 0.5) is 0 Å². The van der Waals surface area contributed by atoms with E-state index in [9.17, 15) is 9.59 Å². The normalized spacial score (nSPS) is 11.0. The maximum Gasteiger partial charge on any atom is 0.321 e. The second kappa shape index (κ2) is 8.77. The van der Waals surface area contributed by atoms with E-state index in [0.717, 1.165) is 12.0 Å². The summed E-state index contributed by atoms with van der Waals surface area (Å²) in [4.78, 5) is 23.2. The third-order valence-corrected chi connectivity index (χ3v) is 2.85. The summed E-state index contributed by atoms with van der Waals surface area (Å²) in [6.07, 6.45) is 3.14. The van der Waals surface area contributed by atoms with Gasteiger partial charge in [-0.25, -0.2) is 0 Å². The van der Waals surface area contributed by atoms with E-state index in [1.165, 1.54) is 0 Å². The highest BCUT2D eigenvalue weighted by Gasteiger charge is 2.24. The van der Waals surface area contributed by atoms with E-state index in [1.54, 1.807) is 44.4 Å². The first-order chi connectivity index (χ1) is 10.2. The number of methoxy groups -OCH3 is 1. The molecule has 0 saturated heterocycles. The van der Waals surface area contributed by atoms with Gasteiger partial charge in [-0.15, -0.1) is 5.73 Å². The maximum absolute atomic E-state index is 11.9. The zero-order valence-corrected chi connectivity index (χ0v) is 12.6. The molecule has 0 aromatic heterocycles. The molecule has 112 valence electrons. The Morgan fingerprint density at radius 1 is 1.29 bits per heavy atom. The van der Waals surface area contributed by atoms with Crippen molar-refractivity contribution in [2.45, 2.75) is 20.3 Å². The van der Waals surface area contributed by atoms with E-state index in [-0.39, 0.29) is 6.61 Å². The van der Waals surface area contributed by atoms with E-state index in [2.05, 4.69) is 5.73 Å². The molecular weight excluding hydrogens is 268 g/mol. The lowest BCUT2D eigenvalue weighted by Crippen LogP contribution is -2.20. The Labute approximate surface area is 125 Å². The first-order valence-corrected chi connectivity index (χ1v) is 6.89. The SMILES string of the molecule is CCC=C=C(c1ccc(OC)cc1)C(C=O)C(=O)OCC. The van der Waals surface area contributed by atoms with Crippen LogP contribution >= 0.6 is 0 Å². The van der Waals surface area contributed by atoms with Crippen LogP contribution in [0, 0.1) is 5.92 Å². The predicted molar refractivity (Wildman–Crippen MR) is 81.0 cm³/mol. The van der Waals surface area contributed by atoms with Gasteiger partial charge in [0.25, 0.3) is 0 Å². The molecule has 21 heavy (non-hydrogen) atoms. The first kappa shape index (κ1) is 16.7. The van der Waals surface area contributed by atoms with Crippen molar-refractivity contribution in [3.8, 4) is 5.75 Å². The van der Waals surface area contributed by atoms with Gasteiger partial charge in [0.15, 0.2) is 0 Å². The van der Waals surface area contributed by atoms with Gasteiger partial charge in [0.1, 0.15) is 18.0 Å². The van der Waals surface area contributed by atoms with Crippen LogP contribution in [0.1, 0.15) is 25.8 Å². The first-order valence-electron chi connectivity index (χ1n) is 6.89. The molecule has 0 amide bonds. The zero-order chi connectivity index (χ0) is 15.7. The van der Waals surface area contributed by atoms with Gasteiger partial charge in [-0.1, -0.05) is 19.1 Å². The fourth-order valence-corrected chi connectivity index (χ4v) is 1.81. The highest BCUT2D eigenvalue weighted by molar-refractivity contribution is 6.01. The monoisotopic (exact) mass is 288 g/mol. The second-order valence-corrected chi connectivity index (χ2v) is 4.26. The third-order valence-electron chi connectivity index (χ3n) is 2.85. The molecule has 0 saturated carbocycles. The number of rotatable bonds is 7. The minimum Gasteiger partial charge on any atom is -0.497 e. The van der Waals surface area contributed by atoms with Crippen LogP contribution in [-0.4, -0.2) is 26.0 Å². The number of esters is 1. The van der Waals surface area contributed by atoms with E-state index in [4.69, 9.17) is 9.47 Å². The van der Waals surface area contributed by atoms with Gasteiger partial charge in [-0.05, 0) is 37.1 Å². The molecule has 0 aliphatic rings. The zero-order valence-electron chi connectivity index (χ0n) is 12.6. The smallest absolute Gasteiger partial charge is 0.321 e. The van der Waals surface area contributed by atoms with Crippen LogP contribution in [0.3, 0.4) is 0 Å². The molecule has 1 unspecified atom stereocenters. The van der Waals surface area contributed by atoms with Crippen molar-refractivity contribution >= 4 is 17.8 Å². The number of aldehydes is 1. The second-order valence-electron chi connectivity index (χ2n) is 4.26. The van der Waals surface area contributed by atoms with Gasteiger partial charge >= 0.3 is 5.97 Å². The van der Waals surface area contributed by atoms with E-state index in [1.807, 2.05) is 6.92 Å². The van der Waals surface area contributed by atoms with Gasteiger partial charge in [0, 0.05) is 5.57 Å². The molecule has 0 spiro atoms. The van der Waals surface area contributed by atoms with E-state index < -0.39 is 11.9 Å². The van der Waals surface area contributed by atoms with Gasteiger partial charge in [-0.2, -0.15) is 0 Å². The van der Waals surface area contributed by atoms with Crippen molar-refractivity contribution in [3.63, 3.8) is 0 Å². The van der Waals surface area contributed by atoms with Gasteiger partial charge in [0.2, 0.25) is 0 Å². The van der Waals surface area contributed by atoms with Crippen LogP contribution in [0.25, 0.3) is 5.57 Å². The Morgan fingerprint density at radius 3 is 2.43 bits per heavy atom. The molecule has 0 N–H and O–H groups in total. The Bertz CT molecular complexity index is 536. The molecule has 0 radical (unpaired) electrons. The number of carbonyl (C=O) groups excluding carboxylic acids is 2. The van der Waals surface area contributed by atoms with Crippen LogP contribution in [0.2, 0.25) is 0 Å². The number of ether oxygens (including phenoxy) is 2. The molecule has 1 atom stereocenters. The lowest BCUT2D eigenvalue weighted by Gasteiger charge is -2.12. The maximum atomic E-state index is 11.9. The van der Waals surface area contributed by atoms with Crippen molar-refractivity contribution in [1.29, 1.82) is 0 Å². The van der Waals surface area contributed by atoms with Crippen LogP contribution in [0.5, 0.6) is 5.75 Å². The Hall–Kier alpha value is -2.32. The summed E-state index contributed by atoms with van der Waals surface area (Å²) in [5, 5.41) is 0. The summed E-state index contributed by atoms with van der Waals surface area (Å²) in [5.74, 6) is -0.826. The van der Waals surface area contributed by atoms with Gasteiger partial charge in [-0.3, -0.25) is 4.79 Å². The van der Waals surface area contributed by atoms with Gasteiger partial charge in [0.05, 0.1) is 13.7 Å². The number of hydrogen-bond donors (Lipinski definition) is 0. The number of carbonyl (C=O) groups is 2. The number of benzene rings is 1. The van der Waals surface area contributed by atoms with Crippen molar-refractivity contribution in [2.24, 2.45) is 5.92 Å². The minimum atomic E-state index is -0.971. The van der Waals surface area contributed by atoms with Crippen molar-refractivity contribution in [3.05, 3.63) is 41.6 Å². The Morgan fingerprint density at radius 2 is 1.95 bits per heavy atom. The van der Waals surface area contributed by atoms with Crippen molar-refractivity contribution in [1.82, 2.24) is 0 Å². The fourth-order valence-electron chi connectivity index (χ4n) is 1.81. The molecule has 4 heteroatoms. The molecule has 0 fully saturated rings. The molecule has 1 rings (SSSR count). The summed E-state index contributed by atoms with van der Waals surface area (Å²) in [6, 6.07) is 7.13. The quantitative estimate of drug-likeness (QED) is 0.335. The van der Waals surface area contributed by atoms with Crippen molar-refractivity contribution < 1.29 is 19.1 Å². The highest BCUT2D eigenvalue weighted by Crippen LogP contribution is 2.24. The average molecular weight is 288 g/mol. The van der Waals surface area contributed by atoms with Crippen LogP contribution in [-0.2, 0) is 14.3 Å². The summed E-state index contributed by atoms with van der Waals surface area (Å²) in [6.45, 7) is 3.90. The molecule has 1 aromatic carbocycles. The standard InChI is InChI=1S/C17H20O4/c1-4-6-7-15(16(12-18)17(19)21-5-2)13-8-10-14(20-3)11-9-13/h6,8-12,16H,4-5H2,1-3H3. The number of hydrogen-bond acceptors (Lipinski definition) is 4.